The summed E-state index contributed by atoms with van der Waals surface area (Å²) >= 11 is 6.19. The molecule has 0 heterocycles. The molecule has 0 saturated heterocycles. The van der Waals surface area contributed by atoms with Crippen molar-refractivity contribution in [1.29, 1.82) is 0 Å². The van der Waals surface area contributed by atoms with E-state index < -0.39 is 16.7 Å². The largest absolute Gasteiger partial charge is 0.506 e. The molecule has 5 heteroatoms. The molecule has 0 spiro atoms. The average molecular weight is 281 g/mol. The molecule has 1 aliphatic rings. The molecule has 0 fully saturated rings. The van der Waals surface area contributed by atoms with Gasteiger partial charge in [-0.05, 0) is 17.2 Å². The number of halogens is 1. The van der Waals surface area contributed by atoms with Gasteiger partial charge in [-0.1, -0.05) is 30.3 Å². The second kappa shape index (κ2) is 5.07. The molecule has 1 aliphatic carbocycles. The van der Waals surface area contributed by atoms with Gasteiger partial charge >= 0.3 is 0 Å². The maximum absolute atomic E-state index is 11.3. The van der Waals surface area contributed by atoms with Crippen LogP contribution in [0.25, 0.3) is 5.57 Å². The van der Waals surface area contributed by atoms with Crippen molar-refractivity contribution >= 4 is 23.5 Å². The summed E-state index contributed by atoms with van der Waals surface area (Å²) < 4.78 is 4.98. The lowest BCUT2D eigenvalue weighted by Gasteiger charge is -2.33. The number of hydrogen-bond donors (Lipinski definition) is 2. The predicted octanol–water partition coefficient (Wildman–Crippen LogP) is 2.04. The number of aliphatic hydroxyl groups is 2. The van der Waals surface area contributed by atoms with Gasteiger partial charge in [0.25, 0.3) is 0 Å². The Hall–Kier alpha value is -1.78. The minimum atomic E-state index is -1.73. The van der Waals surface area contributed by atoms with Crippen LogP contribution in [-0.4, -0.2) is 34.6 Å². The van der Waals surface area contributed by atoms with Crippen LogP contribution in [0.15, 0.2) is 47.9 Å². The summed E-state index contributed by atoms with van der Waals surface area (Å²) in [5.74, 6) is -0.367. The number of ether oxygens (including phenoxy) is 1. The Kier molecular flexibility index (Phi) is 3.64. The summed E-state index contributed by atoms with van der Waals surface area (Å²) in [6.45, 7) is 0. The summed E-state index contributed by atoms with van der Waals surface area (Å²) in [5, 5.41) is 19.8. The summed E-state index contributed by atoms with van der Waals surface area (Å²) in [5.41, 5.74) is 1.05. The number of carbonyl (C=O) groups is 1. The highest BCUT2D eigenvalue weighted by molar-refractivity contribution is 6.39. The molecule has 1 aromatic rings. The SMILES string of the molecule is COC1=C(O)C(O)C(Cl)(C=O)C(c2ccccc2)=C1. The number of aliphatic hydroxyl groups excluding tert-OH is 2. The molecule has 0 saturated carbocycles. The Morgan fingerprint density at radius 1 is 1.37 bits per heavy atom. The Morgan fingerprint density at radius 2 is 2.00 bits per heavy atom. The van der Waals surface area contributed by atoms with Gasteiger partial charge in [0.15, 0.2) is 16.4 Å². The summed E-state index contributed by atoms with van der Waals surface area (Å²) in [4.78, 5) is 9.58. The molecule has 19 heavy (non-hydrogen) atoms. The van der Waals surface area contributed by atoms with Crippen LogP contribution < -0.4 is 0 Å². The fourth-order valence-corrected chi connectivity index (χ4v) is 2.28. The van der Waals surface area contributed by atoms with Crippen LogP contribution in [0.2, 0.25) is 0 Å². The van der Waals surface area contributed by atoms with Gasteiger partial charge in [-0.3, -0.25) is 0 Å². The highest BCUT2D eigenvalue weighted by Crippen LogP contribution is 2.41. The number of aldehydes is 1. The first kappa shape index (κ1) is 13.6. The molecule has 2 rings (SSSR count). The van der Waals surface area contributed by atoms with E-state index in [9.17, 15) is 15.0 Å². The fraction of sp³-hybridized carbons (Fsp3) is 0.214. The Bertz CT molecular complexity index is 550. The quantitative estimate of drug-likeness (QED) is 0.657. The second-order valence-electron chi connectivity index (χ2n) is 4.17. The summed E-state index contributed by atoms with van der Waals surface area (Å²) in [6.07, 6.45) is 0.321. The van der Waals surface area contributed by atoms with Gasteiger partial charge in [-0.2, -0.15) is 0 Å². The first-order valence-corrected chi connectivity index (χ1v) is 6.00. The minimum absolute atomic E-state index is 0.0875. The smallest absolute Gasteiger partial charge is 0.166 e. The monoisotopic (exact) mass is 280 g/mol. The molecule has 0 amide bonds. The van der Waals surface area contributed by atoms with E-state index in [1.165, 1.54) is 13.2 Å². The van der Waals surface area contributed by atoms with Crippen molar-refractivity contribution < 1.29 is 19.7 Å². The highest BCUT2D eigenvalue weighted by atomic mass is 35.5. The first-order valence-electron chi connectivity index (χ1n) is 5.62. The zero-order valence-electron chi connectivity index (χ0n) is 10.2. The van der Waals surface area contributed by atoms with Crippen molar-refractivity contribution in [1.82, 2.24) is 0 Å². The topological polar surface area (TPSA) is 66.8 Å². The van der Waals surface area contributed by atoms with Crippen LogP contribution in [0.3, 0.4) is 0 Å². The zero-order chi connectivity index (χ0) is 14.0. The molecule has 2 unspecified atom stereocenters. The van der Waals surface area contributed by atoms with E-state index in [1.807, 2.05) is 6.07 Å². The van der Waals surface area contributed by atoms with Crippen molar-refractivity contribution in [3.8, 4) is 0 Å². The summed E-state index contributed by atoms with van der Waals surface area (Å²) in [7, 11) is 1.36. The molecule has 0 aromatic heterocycles. The molecule has 0 aliphatic heterocycles. The highest BCUT2D eigenvalue weighted by Gasteiger charge is 2.46. The van der Waals surface area contributed by atoms with Crippen molar-refractivity contribution in [2.45, 2.75) is 11.0 Å². The van der Waals surface area contributed by atoms with Crippen LogP contribution in [0, 0.1) is 0 Å². The van der Waals surface area contributed by atoms with E-state index in [2.05, 4.69) is 0 Å². The van der Waals surface area contributed by atoms with Gasteiger partial charge in [0, 0.05) is 0 Å². The molecular formula is C14H13ClO4. The van der Waals surface area contributed by atoms with Gasteiger partial charge in [0.1, 0.15) is 12.4 Å². The van der Waals surface area contributed by atoms with Gasteiger partial charge in [-0.15, -0.1) is 11.6 Å². The van der Waals surface area contributed by atoms with E-state index >= 15 is 0 Å². The Morgan fingerprint density at radius 3 is 2.53 bits per heavy atom. The lowest BCUT2D eigenvalue weighted by molar-refractivity contribution is -0.111. The van der Waals surface area contributed by atoms with Gasteiger partial charge in [-0.25, -0.2) is 0 Å². The normalized spacial score (nSPS) is 26.9. The number of alkyl halides is 1. The van der Waals surface area contributed by atoms with E-state index in [4.69, 9.17) is 16.3 Å². The number of allylic oxidation sites excluding steroid dienone is 1. The van der Waals surface area contributed by atoms with Crippen LogP contribution >= 0.6 is 11.6 Å². The average Bonchev–Trinajstić information content (AvgIpc) is 2.46. The first-order chi connectivity index (χ1) is 9.04. The molecule has 100 valence electrons. The third-order valence-electron chi connectivity index (χ3n) is 3.07. The van der Waals surface area contributed by atoms with Crippen LogP contribution in [0.5, 0.6) is 0 Å². The molecular weight excluding hydrogens is 268 g/mol. The number of rotatable bonds is 3. The van der Waals surface area contributed by atoms with E-state index in [0.29, 0.717) is 17.4 Å². The Labute approximate surface area is 115 Å². The molecule has 2 N–H and O–H groups in total. The van der Waals surface area contributed by atoms with Crippen molar-refractivity contribution in [3.63, 3.8) is 0 Å². The van der Waals surface area contributed by atoms with Crippen LogP contribution in [0.1, 0.15) is 5.56 Å². The van der Waals surface area contributed by atoms with E-state index in [1.54, 1.807) is 24.3 Å². The van der Waals surface area contributed by atoms with Gasteiger partial charge < -0.3 is 19.7 Å². The van der Waals surface area contributed by atoms with Crippen molar-refractivity contribution in [2.24, 2.45) is 0 Å². The van der Waals surface area contributed by atoms with Crippen LogP contribution in [-0.2, 0) is 9.53 Å². The van der Waals surface area contributed by atoms with Gasteiger partial charge in [0.05, 0.1) is 7.11 Å². The minimum Gasteiger partial charge on any atom is -0.506 e. The maximum atomic E-state index is 11.3. The number of benzene rings is 1. The van der Waals surface area contributed by atoms with E-state index in [0.717, 1.165) is 0 Å². The standard InChI is InChI=1S/C14H13ClO4/c1-19-11-7-10(9-5-3-2-4-6-9)14(15,8-16)13(18)12(11)17/h2-8,13,17-18H,1H3. The van der Waals surface area contributed by atoms with Crippen molar-refractivity contribution in [2.75, 3.05) is 7.11 Å². The van der Waals surface area contributed by atoms with E-state index in [-0.39, 0.29) is 5.76 Å². The summed E-state index contributed by atoms with van der Waals surface area (Å²) in [6, 6.07) is 8.92. The number of carbonyl (C=O) groups excluding carboxylic acids is 1. The zero-order valence-corrected chi connectivity index (χ0v) is 11.0. The predicted molar refractivity (Wildman–Crippen MR) is 71.7 cm³/mol. The molecule has 2 atom stereocenters. The molecule has 4 nitrogen and oxygen atoms in total. The maximum Gasteiger partial charge on any atom is 0.166 e. The third kappa shape index (κ3) is 2.13. The third-order valence-corrected chi connectivity index (χ3v) is 3.57. The lowest BCUT2D eigenvalue weighted by atomic mass is 9.83. The molecule has 1 aromatic carbocycles. The Balaban J connectivity index is 2.63. The number of hydrogen-bond acceptors (Lipinski definition) is 4. The van der Waals surface area contributed by atoms with Crippen molar-refractivity contribution in [3.05, 3.63) is 53.5 Å². The molecule has 0 bridgehead atoms. The molecule has 0 radical (unpaired) electrons. The lowest BCUT2D eigenvalue weighted by Crippen LogP contribution is -2.43. The van der Waals surface area contributed by atoms with Crippen LogP contribution in [0.4, 0.5) is 0 Å². The van der Waals surface area contributed by atoms with Gasteiger partial charge in [0.2, 0.25) is 0 Å². The second-order valence-corrected chi connectivity index (χ2v) is 4.79. The fourth-order valence-electron chi connectivity index (χ4n) is 2.01. The number of methoxy groups -OCH3 is 1.